The van der Waals surface area contributed by atoms with Crippen LogP contribution in [0.1, 0.15) is 19.7 Å². The van der Waals surface area contributed by atoms with E-state index >= 15 is 0 Å². The van der Waals surface area contributed by atoms with Gasteiger partial charge in [0, 0.05) is 31.9 Å². The van der Waals surface area contributed by atoms with E-state index in [1.54, 1.807) is 6.20 Å². The molecule has 0 spiro atoms. The van der Waals surface area contributed by atoms with Gasteiger partial charge in [-0.15, -0.1) is 0 Å². The Morgan fingerprint density at radius 2 is 2.22 bits per heavy atom. The fraction of sp³-hybridized carbons (Fsp3) is 0.583. The molecule has 0 aliphatic heterocycles. The predicted molar refractivity (Wildman–Crippen MR) is 67.9 cm³/mol. The summed E-state index contributed by atoms with van der Waals surface area (Å²) in [5.41, 5.74) is 0. The van der Waals surface area contributed by atoms with Crippen molar-refractivity contribution in [3.63, 3.8) is 0 Å². The van der Waals surface area contributed by atoms with Crippen molar-refractivity contribution in [3.05, 3.63) is 18.3 Å². The first kappa shape index (κ1) is 12.8. The molecule has 6 nitrogen and oxygen atoms in total. The molecule has 1 N–H and O–H groups in total. The number of nitrogens with one attached hydrogen (secondary N) is 1. The van der Waals surface area contributed by atoms with Crippen LogP contribution in [0.3, 0.4) is 0 Å². The number of aryl methyl sites for hydroxylation is 1. The van der Waals surface area contributed by atoms with Crippen LogP contribution < -0.4 is 5.32 Å². The minimum absolute atomic E-state index is 0.333. The van der Waals surface area contributed by atoms with Crippen LogP contribution in [0.15, 0.2) is 16.9 Å². The molecule has 0 saturated carbocycles. The largest absolute Gasteiger partial charge is 0.339 e. The first-order valence-electron chi connectivity index (χ1n) is 6.09. The van der Waals surface area contributed by atoms with Crippen LogP contribution in [0.4, 0.5) is 0 Å². The van der Waals surface area contributed by atoms with Crippen LogP contribution >= 0.6 is 0 Å². The summed E-state index contributed by atoms with van der Waals surface area (Å²) in [6, 6.07) is 0.333. The third-order valence-electron chi connectivity index (χ3n) is 3.06. The molecule has 0 aliphatic carbocycles. The van der Waals surface area contributed by atoms with E-state index in [4.69, 9.17) is 4.52 Å². The summed E-state index contributed by atoms with van der Waals surface area (Å²) in [6.07, 6.45) is 4.30. The van der Waals surface area contributed by atoms with E-state index in [1.165, 1.54) is 0 Å². The lowest BCUT2D eigenvalue weighted by atomic mass is 10.0. The molecule has 2 aromatic heterocycles. The van der Waals surface area contributed by atoms with Crippen LogP contribution in [0.2, 0.25) is 0 Å². The number of aromatic nitrogens is 4. The first-order chi connectivity index (χ1) is 8.61. The van der Waals surface area contributed by atoms with Gasteiger partial charge in [0.05, 0.1) is 0 Å². The quantitative estimate of drug-likeness (QED) is 0.864. The monoisotopic (exact) mass is 249 g/mol. The van der Waals surface area contributed by atoms with E-state index in [-0.39, 0.29) is 0 Å². The summed E-state index contributed by atoms with van der Waals surface area (Å²) in [5.74, 6) is 2.41. The molecule has 1 unspecified atom stereocenters. The van der Waals surface area contributed by atoms with Gasteiger partial charge in [-0.3, -0.25) is 0 Å². The Bertz CT molecular complexity index is 502. The lowest BCUT2D eigenvalue weighted by molar-refractivity contribution is 0.335. The first-order valence-corrected chi connectivity index (χ1v) is 6.09. The highest BCUT2D eigenvalue weighted by atomic mass is 16.5. The molecule has 0 fully saturated rings. The molecule has 0 radical (unpaired) electrons. The number of hydrogen-bond donors (Lipinski definition) is 1. The Morgan fingerprint density at radius 1 is 1.44 bits per heavy atom. The molecular weight excluding hydrogens is 230 g/mol. The van der Waals surface area contributed by atoms with Crippen molar-refractivity contribution in [2.75, 3.05) is 7.05 Å². The van der Waals surface area contributed by atoms with Gasteiger partial charge in [-0.1, -0.05) is 19.0 Å². The van der Waals surface area contributed by atoms with Gasteiger partial charge in [-0.05, 0) is 13.0 Å². The average Bonchev–Trinajstić information content (AvgIpc) is 2.94. The molecule has 6 heteroatoms. The van der Waals surface area contributed by atoms with Gasteiger partial charge in [0.2, 0.25) is 11.7 Å². The van der Waals surface area contributed by atoms with Crippen LogP contribution in [0.25, 0.3) is 11.6 Å². The third-order valence-corrected chi connectivity index (χ3v) is 3.06. The lowest BCUT2D eigenvalue weighted by Gasteiger charge is -2.17. The Hall–Kier alpha value is -1.69. The maximum atomic E-state index is 5.27. The van der Waals surface area contributed by atoms with Crippen molar-refractivity contribution >= 4 is 0 Å². The zero-order valence-corrected chi connectivity index (χ0v) is 11.2. The Morgan fingerprint density at radius 3 is 2.78 bits per heavy atom. The zero-order valence-electron chi connectivity index (χ0n) is 11.2. The van der Waals surface area contributed by atoms with Crippen LogP contribution in [0.5, 0.6) is 0 Å². The smallest absolute Gasteiger partial charge is 0.238 e. The van der Waals surface area contributed by atoms with Gasteiger partial charge in [0.15, 0.2) is 5.82 Å². The second kappa shape index (κ2) is 5.30. The molecule has 0 bridgehead atoms. The summed E-state index contributed by atoms with van der Waals surface area (Å²) < 4.78 is 7.14. The number of likely N-dealkylation sites (N-methyl/N-ethyl adjacent to an activating group) is 1. The third kappa shape index (κ3) is 2.59. The van der Waals surface area contributed by atoms with E-state index in [0.717, 1.165) is 12.2 Å². The van der Waals surface area contributed by atoms with Gasteiger partial charge in [0.25, 0.3) is 0 Å². The van der Waals surface area contributed by atoms with Crippen molar-refractivity contribution in [1.82, 2.24) is 25.0 Å². The molecule has 0 saturated heterocycles. The fourth-order valence-corrected chi connectivity index (χ4v) is 1.87. The molecule has 1 atom stereocenters. The zero-order chi connectivity index (χ0) is 13.1. The van der Waals surface area contributed by atoms with Crippen LogP contribution in [0, 0.1) is 5.92 Å². The van der Waals surface area contributed by atoms with Crippen molar-refractivity contribution in [2.45, 2.75) is 26.3 Å². The number of nitrogens with zero attached hydrogens (tertiary/aromatic N) is 4. The molecule has 2 rings (SSSR count). The Labute approximate surface area is 106 Å². The van der Waals surface area contributed by atoms with Crippen LogP contribution in [-0.4, -0.2) is 32.8 Å². The predicted octanol–water partition coefficient (Wildman–Crippen LogP) is 1.26. The summed E-state index contributed by atoms with van der Waals surface area (Å²) in [5, 5.41) is 7.23. The van der Waals surface area contributed by atoms with Gasteiger partial charge < -0.3 is 14.4 Å². The van der Waals surface area contributed by atoms with E-state index in [2.05, 4.69) is 34.3 Å². The second-order valence-corrected chi connectivity index (χ2v) is 4.72. The lowest BCUT2D eigenvalue weighted by Crippen LogP contribution is -2.32. The summed E-state index contributed by atoms with van der Waals surface area (Å²) in [4.78, 5) is 8.58. The Balaban J connectivity index is 2.14. The highest BCUT2D eigenvalue weighted by molar-refractivity contribution is 5.42. The van der Waals surface area contributed by atoms with Gasteiger partial charge in [-0.2, -0.15) is 4.98 Å². The topological polar surface area (TPSA) is 68.8 Å². The molecular formula is C12H19N5O. The van der Waals surface area contributed by atoms with Crippen LogP contribution in [-0.2, 0) is 13.5 Å². The molecule has 0 aliphatic rings. The maximum Gasteiger partial charge on any atom is 0.238 e. The number of hydrogen-bond acceptors (Lipinski definition) is 5. The van der Waals surface area contributed by atoms with Gasteiger partial charge >= 0.3 is 0 Å². The summed E-state index contributed by atoms with van der Waals surface area (Å²) >= 11 is 0. The number of imidazole rings is 1. The number of rotatable bonds is 5. The highest BCUT2D eigenvalue weighted by Crippen LogP contribution is 2.14. The fourth-order valence-electron chi connectivity index (χ4n) is 1.87. The molecule has 0 amide bonds. The Kier molecular flexibility index (Phi) is 3.76. The summed E-state index contributed by atoms with van der Waals surface area (Å²) in [6.45, 7) is 4.33. The standard InChI is InChI=1S/C12H19N5O/c1-8(2)9(13-3)7-10-15-11(16-18-10)12-14-5-6-17(12)4/h5-6,8-9,13H,7H2,1-4H3. The molecule has 98 valence electrons. The van der Waals surface area contributed by atoms with Gasteiger partial charge in [-0.25, -0.2) is 4.98 Å². The van der Waals surface area contributed by atoms with E-state index in [0.29, 0.717) is 23.7 Å². The SMILES string of the molecule is CNC(Cc1nc(-c2nccn2C)no1)C(C)C. The highest BCUT2D eigenvalue weighted by Gasteiger charge is 2.18. The van der Waals surface area contributed by atoms with E-state index in [9.17, 15) is 0 Å². The van der Waals surface area contributed by atoms with Crippen molar-refractivity contribution in [2.24, 2.45) is 13.0 Å². The minimum atomic E-state index is 0.333. The van der Waals surface area contributed by atoms with Gasteiger partial charge in [0.1, 0.15) is 0 Å². The average molecular weight is 249 g/mol. The maximum absolute atomic E-state index is 5.27. The summed E-state index contributed by atoms with van der Waals surface area (Å²) in [7, 11) is 3.85. The van der Waals surface area contributed by atoms with Crippen molar-refractivity contribution in [1.29, 1.82) is 0 Å². The molecule has 18 heavy (non-hydrogen) atoms. The minimum Gasteiger partial charge on any atom is -0.339 e. The van der Waals surface area contributed by atoms with E-state index < -0.39 is 0 Å². The van der Waals surface area contributed by atoms with Crippen molar-refractivity contribution in [3.8, 4) is 11.6 Å². The molecule has 0 aromatic carbocycles. The molecule has 2 aromatic rings. The van der Waals surface area contributed by atoms with Crippen molar-refractivity contribution < 1.29 is 4.52 Å². The van der Waals surface area contributed by atoms with E-state index in [1.807, 2.05) is 24.9 Å². The normalized spacial score (nSPS) is 13.2. The second-order valence-electron chi connectivity index (χ2n) is 4.72. The molecule has 2 heterocycles.